The molecule has 0 bridgehead atoms. The van der Waals surface area contributed by atoms with E-state index >= 15 is 0 Å². The molecule has 2 rings (SSSR count). The van der Waals surface area contributed by atoms with Gasteiger partial charge in [0.2, 0.25) is 10.0 Å². The number of anilines is 1. The molecular weight excluding hydrogens is 320 g/mol. The summed E-state index contributed by atoms with van der Waals surface area (Å²) in [5.74, 6) is -0.156. The third-order valence-electron chi connectivity index (χ3n) is 2.93. The van der Waals surface area contributed by atoms with E-state index in [1.54, 1.807) is 6.07 Å². The van der Waals surface area contributed by atoms with Crippen LogP contribution in [0.15, 0.2) is 36.4 Å². The Morgan fingerprint density at radius 2 is 1.82 bits per heavy atom. The highest BCUT2D eigenvalue weighted by atomic mass is 32.2. The van der Waals surface area contributed by atoms with E-state index in [9.17, 15) is 13.2 Å². The van der Waals surface area contributed by atoms with Crippen LogP contribution in [0, 0.1) is 6.92 Å². The van der Waals surface area contributed by atoms with Crippen LogP contribution in [0.25, 0.3) is 0 Å². The third-order valence-corrected chi connectivity index (χ3v) is 4.80. The fourth-order valence-corrected chi connectivity index (χ4v) is 3.20. The Morgan fingerprint density at radius 3 is 2.45 bits per heavy atom. The maximum absolute atomic E-state index is 12.1. The van der Waals surface area contributed by atoms with E-state index in [-0.39, 0.29) is 5.91 Å². The molecule has 0 fully saturated rings. The Balaban J connectivity index is 1.92. The van der Waals surface area contributed by atoms with Crippen LogP contribution in [0.3, 0.4) is 0 Å². The smallest absolute Gasteiger partial charge is 0.265 e. The maximum Gasteiger partial charge on any atom is 0.265 e. The second-order valence-corrected chi connectivity index (χ2v) is 8.00. The molecule has 2 aromatic rings. The molecule has 1 heterocycles. The van der Waals surface area contributed by atoms with E-state index in [0.717, 1.165) is 22.4 Å². The van der Waals surface area contributed by atoms with Crippen molar-refractivity contribution in [3.63, 3.8) is 0 Å². The van der Waals surface area contributed by atoms with Crippen molar-refractivity contribution in [1.29, 1.82) is 0 Å². The summed E-state index contributed by atoms with van der Waals surface area (Å²) >= 11 is 1.37. The highest BCUT2D eigenvalue weighted by Crippen LogP contribution is 2.19. The van der Waals surface area contributed by atoms with E-state index in [1.807, 2.05) is 37.3 Å². The molecule has 0 aliphatic rings. The molecule has 0 aliphatic heterocycles. The minimum absolute atomic E-state index is 0.156. The van der Waals surface area contributed by atoms with Crippen molar-refractivity contribution in [1.82, 2.24) is 4.72 Å². The van der Waals surface area contributed by atoms with Crippen LogP contribution >= 0.6 is 11.3 Å². The number of aryl methyl sites for hydroxylation is 1. The second kappa shape index (κ2) is 7.04. The van der Waals surface area contributed by atoms with Gasteiger partial charge in [-0.1, -0.05) is 17.7 Å². The lowest BCUT2D eigenvalue weighted by atomic mass is 10.2. The van der Waals surface area contributed by atoms with Gasteiger partial charge in [-0.15, -0.1) is 11.3 Å². The van der Waals surface area contributed by atoms with E-state index in [1.165, 1.54) is 11.3 Å². The van der Waals surface area contributed by atoms with Gasteiger partial charge in [-0.3, -0.25) is 4.79 Å². The van der Waals surface area contributed by atoms with E-state index < -0.39 is 10.0 Å². The molecule has 118 valence electrons. The van der Waals surface area contributed by atoms with Crippen LogP contribution in [0.1, 0.15) is 20.1 Å². The number of amides is 1. The summed E-state index contributed by atoms with van der Waals surface area (Å²) in [5, 5.41) is 2.84. The lowest BCUT2D eigenvalue weighted by Crippen LogP contribution is -2.24. The molecule has 7 heteroatoms. The first kappa shape index (κ1) is 16.7. The molecule has 1 amide bonds. The molecule has 22 heavy (non-hydrogen) atoms. The summed E-state index contributed by atoms with van der Waals surface area (Å²) in [6.07, 6.45) is 1.69. The van der Waals surface area contributed by atoms with E-state index in [2.05, 4.69) is 10.0 Å². The van der Waals surface area contributed by atoms with Gasteiger partial charge in [0.15, 0.2) is 0 Å². The molecule has 0 spiro atoms. The van der Waals surface area contributed by atoms with Crippen molar-refractivity contribution < 1.29 is 13.2 Å². The van der Waals surface area contributed by atoms with Gasteiger partial charge >= 0.3 is 0 Å². The minimum atomic E-state index is -3.17. The lowest BCUT2D eigenvalue weighted by molar-refractivity contribution is 0.103. The average molecular weight is 338 g/mol. The summed E-state index contributed by atoms with van der Waals surface area (Å²) in [6.45, 7) is 2.32. The van der Waals surface area contributed by atoms with Crippen molar-refractivity contribution in [2.24, 2.45) is 0 Å². The molecule has 0 saturated heterocycles. The summed E-state index contributed by atoms with van der Waals surface area (Å²) in [5.41, 5.74) is 1.89. The van der Waals surface area contributed by atoms with Crippen LogP contribution in [-0.4, -0.2) is 27.1 Å². The number of hydrogen-bond acceptors (Lipinski definition) is 4. The summed E-state index contributed by atoms with van der Waals surface area (Å²) < 4.78 is 24.4. The van der Waals surface area contributed by atoms with Crippen LogP contribution < -0.4 is 10.0 Å². The van der Waals surface area contributed by atoms with Gasteiger partial charge in [-0.05, 0) is 37.6 Å². The lowest BCUT2D eigenvalue weighted by Gasteiger charge is -2.03. The molecule has 0 atom stereocenters. The minimum Gasteiger partial charge on any atom is -0.321 e. The van der Waals surface area contributed by atoms with Crippen LogP contribution in [0.4, 0.5) is 5.69 Å². The Kier molecular flexibility index (Phi) is 5.33. The zero-order valence-electron chi connectivity index (χ0n) is 12.4. The zero-order valence-corrected chi connectivity index (χ0v) is 14.1. The molecule has 1 aromatic carbocycles. The number of benzene rings is 1. The average Bonchev–Trinajstić information content (AvgIpc) is 2.89. The van der Waals surface area contributed by atoms with Crippen molar-refractivity contribution in [2.75, 3.05) is 18.1 Å². The van der Waals surface area contributed by atoms with Gasteiger partial charge in [-0.25, -0.2) is 13.1 Å². The molecule has 0 saturated carbocycles. The molecule has 0 radical (unpaired) electrons. The summed E-state index contributed by atoms with van der Waals surface area (Å²) in [4.78, 5) is 13.7. The van der Waals surface area contributed by atoms with Crippen LogP contribution in [-0.2, 0) is 16.4 Å². The predicted octanol–water partition coefficient (Wildman–Crippen LogP) is 2.40. The fourth-order valence-electron chi connectivity index (χ4n) is 1.82. The van der Waals surface area contributed by atoms with Crippen LogP contribution in [0.2, 0.25) is 0 Å². The van der Waals surface area contributed by atoms with Gasteiger partial charge in [0.1, 0.15) is 0 Å². The first-order valence-electron chi connectivity index (χ1n) is 6.75. The summed E-state index contributed by atoms with van der Waals surface area (Å²) in [6, 6.07) is 11.2. The Morgan fingerprint density at radius 1 is 1.14 bits per heavy atom. The largest absolute Gasteiger partial charge is 0.321 e. The molecule has 1 aromatic heterocycles. The number of sulfonamides is 1. The van der Waals surface area contributed by atoms with Crippen LogP contribution in [0.5, 0.6) is 0 Å². The number of rotatable bonds is 6. The Hall–Kier alpha value is -1.70. The first-order valence-corrected chi connectivity index (χ1v) is 9.46. The fraction of sp³-hybridized carbons (Fsp3) is 0.267. The van der Waals surface area contributed by atoms with Gasteiger partial charge < -0.3 is 5.32 Å². The molecule has 0 aliphatic carbocycles. The van der Waals surface area contributed by atoms with Gasteiger partial charge in [0.05, 0.1) is 11.1 Å². The van der Waals surface area contributed by atoms with Crippen molar-refractivity contribution in [3.8, 4) is 0 Å². The topological polar surface area (TPSA) is 75.3 Å². The normalized spacial score (nSPS) is 11.4. The first-order chi connectivity index (χ1) is 10.3. The van der Waals surface area contributed by atoms with Gasteiger partial charge in [-0.2, -0.15) is 0 Å². The van der Waals surface area contributed by atoms with Crippen molar-refractivity contribution in [3.05, 3.63) is 51.7 Å². The number of hydrogen-bond donors (Lipinski definition) is 2. The molecule has 0 unspecified atom stereocenters. The number of nitrogens with one attached hydrogen (secondary N) is 2. The van der Waals surface area contributed by atoms with Crippen molar-refractivity contribution >= 4 is 33.0 Å². The number of carbonyl (C=O) groups excluding carboxylic acids is 1. The molecule has 5 nitrogen and oxygen atoms in total. The quantitative estimate of drug-likeness (QED) is 0.849. The maximum atomic E-state index is 12.1. The highest BCUT2D eigenvalue weighted by Gasteiger charge is 2.10. The zero-order chi connectivity index (χ0) is 16.2. The third kappa shape index (κ3) is 5.25. The Bertz CT molecular complexity index is 749. The van der Waals surface area contributed by atoms with E-state index in [4.69, 9.17) is 0 Å². The summed E-state index contributed by atoms with van der Waals surface area (Å²) in [7, 11) is -3.17. The standard InChI is InChI=1S/C15H18N2O3S2/c1-11-3-5-12(6-4-11)17-15(18)14-8-7-13(21-14)9-10-16-22(2,19)20/h3-8,16H,9-10H2,1-2H3,(H,17,18). The second-order valence-electron chi connectivity index (χ2n) is 5.00. The van der Waals surface area contributed by atoms with Crippen molar-refractivity contribution in [2.45, 2.75) is 13.3 Å². The Labute approximate surface area is 134 Å². The SMILES string of the molecule is Cc1ccc(NC(=O)c2ccc(CCNS(C)(=O)=O)s2)cc1. The molecule has 2 N–H and O–H groups in total. The highest BCUT2D eigenvalue weighted by molar-refractivity contribution is 7.88. The van der Waals surface area contributed by atoms with E-state index in [0.29, 0.717) is 17.8 Å². The number of thiophene rings is 1. The van der Waals surface area contributed by atoms with Gasteiger partial charge in [0.25, 0.3) is 5.91 Å². The molecular formula is C15H18N2O3S2. The number of carbonyl (C=O) groups is 1. The predicted molar refractivity (Wildman–Crippen MR) is 90.0 cm³/mol. The monoisotopic (exact) mass is 338 g/mol. The van der Waals surface area contributed by atoms with Gasteiger partial charge in [0, 0.05) is 17.1 Å².